The molecule has 42 heavy (non-hydrogen) atoms. The molecule has 0 heterocycles. The van der Waals surface area contributed by atoms with Gasteiger partial charge in [-0.3, -0.25) is 13.9 Å². The number of carbonyl (C=O) groups excluding carboxylic acids is 2. The Morgan fingerprint density at radius 3 is 2.12 bits per heavy atom. The normalized spacial score (nSPS) is 12.0. The first kappa shape index (κ1) is 32.7. The zero-order valence-corrected chi connectivity index (χ0v) is 25.7. The molecule has 0 aromatic heterocycles. The summed E-state index contributed by atoms with van der Waals surface area (Å²) in [6.07, 6.45) is 0.259. The lowest BCUT2D eigenvalue weighted by Crippen LogP contribution is -2.53. The predicted molar refractivity (Wildman–Crippen MR) is 160 cm³/mol. The first-order valence-electron chi connectivity index (χ1n) is 13.3. The van der Waals surface area contributed by atoms with Crippen LogP contribution in [0.3, 0.4) is 0 Å². The van der Waals surface area contributed by atoms with E-state index in [2.05, 4.69) is 5.32 Å². The summed E-state index contributed by atoms with van der Waals surface area (Å²) in [4.78, 5) is 28.4. The van der Waals surface area contributed by atoms with Crippen LogP contribution in [-0.4, -0.2) is 58.0 Å². The van der Waals surface area contributed by atoms with E-state index < -0.39 is 34.3 Å². The van der Waals surface area contributed by atoms with Crippen molar-refractivity contribution in [2.24, 2.45) is 0 Å². The number of hydrogen-bond donors (Lipinski definition) is 1. The number of ether oxygens (including phenoxy) is 2. The molecule has 2 amide bonds. The van der Waals surface area contributed by atoms with Crippen LogP contribution in [0.5, 0.6) is 11.5 Å². The summed E-state index contributed by atoms with van der Waals surface area (Å²) < 4.78 is 53.2. The fourth-order valence-corrected chi connectivity index (χ4v) is 5.88. The highest BCUT2D eigenvalue weighted by Gasteiger charge is 2.34. The molecule has 12 heteroatoms. The highest BCUT2D eigenvalue weighted by Crippen LogP contribution is 2.32. The molecule has 0 saturated heterocycles. The van der Waals surface area contributed by atoms with Gasteiger partial charge in [-0.2, -0.15) is 0 Å². The second-order valence-electron chi connectivity index (χ2n) is 9.74. The fraction of sp³-hybridized carbons (Fsp3) is 0.333. The van der Waals surface area contributed by atoms with Crippen LogP contribution in [0.4, 0.5) is 10.1 Å². The maximum Gasteiger partial charge on any atom is 0.264 e. The van der Waals surface area contributed by atoms with E-state index in [-0.39, 0.29) is 41.2 Å². The Morgan fingerprint density at radius 2 is 1.57 bits per heavy atom. The minimum atomic E-state index is -4.35. The quantitative estimate of drug-likeness (QED) is 0.288. The lowest BCUT2D eigenvalue weighted by atomic mass is 10.1. The molecule has 0 radical (unpaired) electrons. The van der Waals surface area contributed by atoms with Gasteiger partial charge in [-0.15, -0.1) is 0 Å². The van der Waals surface area contributed by atoms with Crippen LogP contribution in [0.2, 0.25) is 5.02 Å². The molecule has 226 valence electrons. The summed E-state index contributed by atoms with van der Waals surface area (Å²) in [7, 11) is -1.53. The van der Waals surface area contributed by atoms with Gasteiger partial charge in [-0.25, -0.2) is 12.8 Å². The molecule has 0 bridgehead atoms. The number of nitrogens with one attached hydrogen (secondary N) is 1. The van der Waals surface area contributed by atoms with Crippen LogP contribution < -0.4 is 19.1 Å². The SMILES string of the molecule is CC[C@@H](C(=O)NC(C)C)N(Cc1ccc(F)cc1)C(=O)CN(c1ccc(Cl)cc1)S(=O)(=O)c1ccc(OC)c(OC)c1. The number of benzene rings is 3. The summed E-state index contributed by atoms with van der Waals surface area (Å²) >= 11 is 6.07. The van der Waals surface area contributed by atoms with E-state index in [0.29, 0.717) is 16.3 Å². The highest BCUT2D eigenvalue weighted by molar-refractivity contribution is 7.92. The van der Waals surface area contributed by atoms with E-state index in [4.69, 9.17) is 21.1 Å². The Bertz CT molecular complexity index is 1480. The van der Waals surface area contributed by atoms with Crippen LogP contribution >= 0.6 is 11.6 Å². The smallest absolute Gasteiger partial charge is 0.264 e. The zero-order chi connectivity index (χ0) is 31.0. The minimum absolute atomic E-state index is 0.0476. The molecule has 3 rings (SSSR count). The molecule has 0 saturated carbocycles. The molecule has 1 atom stereocenters. The average Bonchev–Trinajstić information content (AvgIpc) is 2.96. The van der Waals surface area contributed by atoms with E-state index in [0.717, 1.165) is 4.31 Å². The Balaban J connectivity index is 2.09. The maximum absolute atomic E-state index is 14.1. The van der Waals surface area contributed by atoms with Crippen molar-refractivity contribution in [2.45, 2.75) is 50.7 Å². The molecular formula is C30H35ClFN3O6S. The van der Waals surface area contributed by atoms with Gasteiger partial charge in [-0.05, 0) is 74.4 Å². The summed E-state index contributed by atoms with van der Waals surface area (Å²) in [5, 5.41) is 3.21. The van der Waals surface area contributed by atoms with Crippen molar-refractivity contribution in [3.63, 3.8) is 0 Å². The molecule has 0 spiro atoms. The maximum atomic E-state index is 14.1. The number of amides is 2. The molecular weight excluding hydrogens is 585 g/mol. The summed E-state index contributed by atoms with van der Waals surface area (Å²) in [6.45, 7) is 4.68. The van der Waals surface area contributed by atoms with Gasteiger partial charge in [0, 0.05) is 23.7 Å². The minimum Gasteiger partial charge on any atom is -0.493 e. The fourth-order valence-electron chi connectivity index (χ4n) is 4.33. The van der Waals surface area contributed by atoms with Crippen LogP contribution in [0.1, 0.15) is 32.8 Å². The van der Waals surface area contributed by atoms with Crippen LogP contribution in [0, 0.1) is 5.82 Å². The van der Waals surface area contributed by atoms with Gasteiger partial charge in [0.05, 0.1) is 24.8 Å². The number of sulfonamides is 1. The third-order valence-corrected chi connectivity index (χ3v) is 8.44. The third-order valence-electron chi connectivity index (χ3n) is 6.42. The molecule has 0 unspecified atom stereocenters. The largest absolute Gasteiger partial charge is 0.493 e. The van der Waals surface area contributed by atoms with Gasteiger partial charge in [0.15, 0.2) is 11.5 Å². The van der Waals surface area contributed by atoms with Crippen LogP contribution in [-0.2, 0) is 26.2 Å². The average molecular weight is 620 g/mol. The standard InChI is InChI=1S/C30H35ClFN3O6S/c1-6-26(30(37)33-20(2)3)34(18-21-7-11-23(32)12-8-21)29(36)19-35(24-13-9-22(31)10-14-24)42(38,39)25-15-16-27(40-4)28(17-25)41-5/h7-17,20,26H,6,18-19H2,1-5H3,(H,33,37)/t26-/m0/s1. The van der Waals surface area contributed by atoms with Gasteiger partial charge in [0.25, 0.3) is 10.0 Å². The van der Waals surface area contributed by atoms with Crippen molar-refractivity contribution in [1.29, 1.82) is 0 Å². The molecule has 0 fully saturated rings. The first-order chi connectivity index (χ1) is 19.9. The zero-order valence-electron chi connectivity index (χ0n) is 24.1. The number of halogens is 2. The van der Waals surface area contributed by atoms with Crippen molar-refractivity contribution in [2.75, 3.05) is 25.1 Å². The predicted octanol–water partition coefficient (Wildman–Crippen LogP) is 5.02. The number of anilines is 1. The van der Waals surface area contributed by atoms with Gasteiger partial charge in [-0.1, -0.05) is 30.7 Å². The monoisotopic (exact) mass is 619 g/mol. The lowest BCUT2D eigenvalue weighted by Gasteiger charge is -2.33. The Labute approximate surface area is 251 Å². The van der Waals surface area contributed by atoms with E-state index in [1.807, 2.05) is 0 Å². The number of methoxy groups -OCH3 is 2. The number of carbonyl (C=O) groups is 2. The molecule has 0 aliphatic carbocycles. The lowest BCUT2D eigenvalue weighted by molar-refractivity contribution is -0.140. The molecule has 0 aliphatic heterocycles. The van der Waals surface area contributed by atoms with Crippen LogP contribution in [0.25, 0.3) is 0 Å². The van der Waals surface area contributed by atoms with E-state index >= 15 is 0 Å². The number of rotatable bonds is 13. The van der Waals surface area contributed by atoms with Crippen molar-refractivity contribution in [3.8, 4) is 11.5 Å². The van der Waals surface area contributed by atoms with E-state index in [9.17, 15) is 22.4 Å². The summed E-state index contributed by atoms with van der Waals surface area (Å²) in [5.41, 5.74) is 0.755. The van der Waals surface area contributed by atoms with Gasteiger partial charge in [0.2, 0.25) is 11.8 Å². The summed E-state index contributed by atoms with van der Waals surface area (Å²) in [5.74, 6) is -0.947. The first-order valence-corrected chi connectivity index (χ1v) is 15.1. The Hall–Kier alpha value is -3.83. The van der Waals surface area contributed by atoms with Gasteiger partial charge in [0.1, 0.15) is 18.4 Å². The molecule has 1 N–H and O–H groups in total. The Kier molecular flexibility index (Phi) is 11.2. The molecule has 9 nitrogen and oxygen atoms in total. The van der Waals surface area contributed by atoms with Crippen molar-refractivity contribution < 1.29 is 31.9 Å². The van der Waals surface area contributed by atoms with E-state index in [1.165, 1.54) is 85.8 Å². The second kappa shape index (κ2) is 14.4. The topological polar surface area (TPSA) is 105 Å². The number of hydrogen-bond acceptors (Lipinski definition) is 6. The molecule has 3 aromatic carbocycles. The third kappa shape index (κ3) is 7.92. The second-order valence-corrected chi connectivity index (χ2v) is 12.0. The van der Waals surface area contributed by atoms with Crippen molar-refractivity contribution in [3.05, 3.63) is 83.1 Å². The molecule has 3 aromatic rings. The van der Waals surface area contributed by atoms with E-state index in [1.54, 1.807) is 20.8 Å². The van der Waals surface area contributed by atoms with Crippen molar-refractivity contribution in [1.82, 2.24) is 10.2 Å². The van der Waals surface area contributed by atoms with Gasteiger partial charge < -0.3 is 19.7 Å². The highest BCUT2D eigenvalue weighted by atomic mass is 35.5. The molecule has 0 aliphatic rings. The van der Waals surface area contributed by atoms with Crippen molar-refractivity contribution >= 4 is 39.1 Å². The Morgan fingerprint density at radius 1 is 0.952 bits per heavy atom. The summed E-state index contributed by atoms with van der Waals surface area (Å²) in [6, 6.07) is 14.6. The number of nitrogens with zero attached hydrogens (tertiary/aromatic N) is 2. The van der Waals surface area contributed by atoms with Gasteiger partial charge >= 0.3 is 0 Å². The van der Waals surface area contributed by atoms with Crippen LogP contribution in [0.15, 0.2) is 71.6 Å².